The predicted octanol–water partition coefficient (Wildman–Crippen LogP) is 1.95. The Kier molecular flexibility index (Phi) is 3.37. The van der Waals surface area contributed by atoms with Crippen molar-refractivity contribution in [1.82, 2.24) is 4.98 Å². The van der Waals surface area contributed by atoms with E-state index in [-0.39, 0.29) is 5.25 Å². The molecule has 0 aliphatic rings. The number of nitrogens with zero attached hydrogens (tertiary/aromatic N) is 2. The second-order valence-electron chi connectivity index (χ2n) is 2.53. The Bertz CT molecular complexity index is 373. The zero-order chi connectivity index (χ0) is 9.68. The van der Waals surface area contributed by atoms with Crippen LogP contribution in [0.5, 0.6) is 0 Å². The third-order valence-corrected chi connectivity index (χ3v) is 2.08. The maximum atomic E-state index is 8.46. The first-order valence-corrected chi connectivity index (χ1v) is 4.26. The van der Waals surface area contributed by atoms with Gasteiger partial charge in [-0.2, -0.15) is 17.9 Å². The normalized spacial score (nSPS) is 11.3. The molecule has 0 spiro atoms. The molecule has 0 N–H and O–H groups in total. The first-order chi connectivity index (χ1) is 6.27. The first kappa shape index (κ1) is 9.64. The number of pyridine rings is 1. The number of nitriles is 1. The average Bonchev–Trinajstić information content (AvgIpc) is 2.18. The molecule has 0 fully saturated rings. The lowest BCUT2D eigenvalue weighted by molar-refractivity contribution is 0.973. The van der Waals surface area contributed by atoms with Crippen molar-refractivity contribution in [3.63, 3.8) is 0 Å². The molecule has 0 saturated heterocycles. The molecule has 3 heteroatoms. The van der Waals surface area contributed by atoms with Crippen LogP contribution in [0.4, 0.5) is 0 Å². The van der Waals surface area contributed by atoms with Crippen molar-refractivity contribution < 1.29 is 0 Å². The fourth-order valence-corrected chi connectivity index (χ4v) is 1.15. The summed E-state index contributed by atoms with van der Waals surface area (Å²) in [6.07, 6.45) is 8.86. The van der Waals surface area contributed by atoms with E-state index < -0.39 is 0 Å². The van der Waals surface area contributed by atoms with Gasteiger partial charge in [0.1, 0.15) is 0 Å². The predicted molar refractivity (Wildman–Crippen MR) is 54.1 cm³/mol. The number of thiol groups is 1. The lowest BCUT2D eigenvalue weighted by Gasteiger charge is -2.05. The molecule has 2 nitrogen and oxygen atoms in total. The van der Waals surface area contributed by atoms with E-state index in [4.69, 9.17) is 11.7 Å². The topological polar surface area (TPSA) is 36.7 Å². The highest BCUT2D eigenvalue weighted by Crippen LogP contribution is 2.22. The summed E-state index contributed by atoms with van der Waals surface area (Å²) in [6, 6.07) is 3.87. The number of aromatic nitrogens is 1. The van der Waals surface area contributed by atoms with Gasteiger partial charge in [-0.1, -0.05) is 5.92 Å². The van der Waals surface area contributed by atoms with Gasteiger partial charge in [0.25, 0.3) is 0 Å². The van der Waals surface area contributed by atoms with Crippen LogP contribution in [0, 0.1) is 23.7 Å². The molecule has 0 aromatic carbocycles. The Labute approximate surface area is 83.0 Å². The molecule has 64 valence electrons. The van der Waals surface area contributed by atoms with Gasteiger partial charge in [-0.25, -0.2) is 0 Å². The lowest BCUT2D eigenvalue weighted by Crippen LogP contribution is -1.91. The highest BCUT2D eigenvalue weighted by atomic mass is 32.1. The summed E-state index contributed by atoms with van der Waals surface area (Å²) in [7, 11) is 0. The van der Waals surface area contributed by atoms with E-state index in [1.54, 1.807) is 12.4 Å². The third-order valence-electron chi connectivity index (χ3n) is 1.60. The van der Waals surface area contributed by atoms with Crippen molar-refractivity contribution in [3.05, 3.63) is 29.6 Å². The van der Waals surface area contributed by atoms with Crippen LogP contribution in [0.15, 0.2) is 18.5 Å². The molecule has 1 unspecified atom stereocenters. The quantitative estimate of drug-likeness (QED) is 0.569. The fourth-order valence-electron chi connectivity index (χ4n) is 0.923. The summed E-state index contributed by atoms with van der Waals surface area (Å²) >= 11 is 4.25. The van der Waals surface area contributed by atoms with Gasteiger partial charge < -0.3 is 0 Å². The van der Waals surface area contributed by atoms with Gasteiger partial charge in [0.15, 0.2) is 0 Å². The minimum Gasteiger partial charge on any atom is -0.263 e. The van der Waals surface area contributed by atoms with Crippen LogP contribution in [0.1, 0.15) is 22.8 Å². The molecule has 13 heavy (non-hydrogen) atoms. The van der Waals surface area contributed by atoms with Crippen molar-refractivity contribution in [1.29, 1.82) is 5.26 Å². The molecule has 1 aromatic rings. The summed E-state index contributed by atoms with van der Waals surface area (Å²) in [6.45, 7) is 0. The van der Waals surface area contributed by atoms with Crippen LogP contribution in [0.2, 0.25) is 0 Å². The molecule has 1 rings (SSSR count). The molecular formula is C10H8N2S. The maximum Gasteiger partial charge on any atom is 0.0636 e. The third kappa shape index (κ3) is 2.50. The second kappa shape index (κ2) is 4.54. The van der Waals surface area contributed by atoms with Crippen molar-refractivity contribution in [2.45, 2.75) is 11.7 Å². The zero-order valence-electron chi connectivity index (χ0n) is 6.94. The molecule has 0 aliphatic carbocycles. The Morgan fingerprint density at radius 1 is 1.62 bits per heavy atom. The molecule has 1 atom stereocenters. The van der Waals surface area contributed by atoms with Gasteiger partial charge in [0.05, 0.1) is 12.5 Å². The molecule has 0 aliphatic heterocycles. The zero-order valence-corrected chi connectivity index (χ0v) is 7.83. The summed E-state index contributed by atoms with van der Waals surface area (Å²) in [5.41, 5.74) is 1.61. The minimum absolute atomic E-state index is 0.106. The number of rotatable bonds is 2. The van der Waals surface area contributed by atoms with E-state index in [1.165, 1.54) is 0 Å². The van der Waals surface area contributed by atoms with Crippen LogP contribution in [-0.4, -0.2) is 4.98 Å². The molecule has 1 heterocycles. The minimum atomic E-state index is -0.106. The molecule has 0 amide bonds. The van der Waals surface area contributed by atoms with Gasteiger partial charge in [-0.15, -0.1) is 6.42 Å². The van der Waals surface area contributed by atoms with Crippen LogP contribution < -0.4 is 0 Å². The molecule has 0 saturated carbocycles. The molecule has 1 aromatic heterocycles. The van der Waals surface area contributed by atoms with E-state index in [9.17, 15) is 0 Å². The van der Waals surface area contributed by atoms with Crippen LogP contribution >= 0.6 is 12.6 Å². The Balaban J connectivity index is 2.91. The summed E-state index contributed by atoms with van der Waals surface area (Å²) in [5, 5.41) is 8.36. The molecule has 0 radical (unpaired) electrons. The monoisotopic (exact) mass is 188 g/mol. The fraction of sp³-hybridized carbons (Fsp3) is 0.200. The highest BCUT2D eigenvalue weighted by Gasteiger charge is 2.05. The summed E-state index contributed by atoms with van der Waals surface area (Å²) in [5.74, 6) is 2.48. The van der Waals surface area contributed by atoms with Gasteiger partial charge in [0.2, 0.25) is 0 Å². The maximum absolute atomic E-state index is 8.46. The largest absolute Gasteiger partial charge is 0.263 e. The highest BCUT2D eigenvalue weighted by molar-refractivity contribution is 7.80. The summed E-state index contributed by atoms with van der Waals surface area (Å²) in [4.78, 5) is 3.96. The smallest absolute Gasteiger partial charge is 0.0636 e. The average molecular weight is 188 g/mol. The standard InChI is InChI=1S/C10H8N2S/c1-2-8-5-9(7-12-6-8)10(13)3-4-11/h1,5-7,10,13H,3H2. The number of hydrogen-bond acceptors (Lipinski definition) is 3. The van der Waals surface area contributed by atoms with E-state index >= 15 is 0 Å². The number of hydrogen-bond donors (Lipinski definition) is 1. The van der Waals surface area contributed by atoms with Crippen molar-refractivity contribution in [3.8, 4) is 18.4 Å². The molecular weight excluding hydrogens is 180 g/mol. The van der Waals surface area contributed by atoms with Crippen LogP contribution in [0.25, 0.3) is 0 Å². The van der Waals surface area contributed by atoms with Crippen molar-refractivity contribution in [2.75, 3.05) is 0 Å². The molecule has 0 bridgehead atoms. The lowest BCUT2D eigenvalue weighted by atomic mass is 10.1. The number of terminal acetylenes is 1. The van der Waals surface area contributed by atoms with Gasteiger partial charge in [-0.3, -0.25) is 4.98 Å². The van der Waals surface area contributed by atoms with Crippen molar-refractivity contribution >= 4 is 12.6 Å². The van der Waals surface area contributed by atoms with Gasteiger partial charge >= 0.3 is 0 Å². The first-order valence-electron chi connectivity index (χ1n) is 3.74. The van der Waals surface area contributed by atoms with E-state index in [2.05, 4.69) is 23.5 Å². The second-order valence-corrected chi connectivity index (χ2v) is 3.15. The Morgan fingerprint density at radius 2 is 2.38 bits per heavy atom. The SMILES string of the molecule is C#Cc1cncc(C(S)CC#N)c1. The van der Waals surface area contributed by atoms with E-state index in [1.807, 2.05) is 12.1 Å². The Hall–Kier alpha value is -1.45. The Morgan fingerprint density at radius 3 is 3.00 bits per heavy atom. The summed E-state index contributed by atoms with van der Waals surface area (Å²) < 4.78 is 0. The van der Waals surface area contributed by atoms with Crippen LogP contribution in [0.3, 0.4) is 0 Å². The van der Waals surface area contributed by atoms with Gasteiger partial charge in [0, 0.05) is 23.2 Å². The van der Waals surface area contributed by atoms with Crippen molar-refractivity contribution in [2.24, 2.45) is 0 Å². The van der Waals surface area contributed by atoms with Crippen LogP contribution in [-0.2, 0) is 0 Å². The van der Waals surface area contributed by atoms with E-state index in [0.29, 0.717) is 6.42 Å². The van der Waals surface area contributed by atoms with E-state index in [0.717, 1.165) is 11.1 Å². The van der Waals surface area contributed by atoms with Gasteiger partial charge in [-0.05, 0) is 11.6 Å².